The first-order chi connectivity index (χ1) is 20.2. The molecule has 42 heavy (non-hydrogen) atoms. The van der Waals surface area contributed by atoms with Crippen LogP contribution in [0.1, 0.15) is 50.7 Å². The molecule has 4 aromatic rings. The third-order valence-electron chi connectivity index (χ3n) is 6.72. The van der Waals surface area contributed by atoms with Crippen molar-refractivity contribution in [1.82, 2.24) is 5.32 Å². The Hall–Kier alpha value is -4.85. The Bertz CT molecular complexity index is 1460. The predicted octanol–water partition coefficient (Wildman–Crippen LogP) is 8.73. The van der Waals surface area contributed by atoms with Crippen molar-refractivity contribution in [2.24, 2.45) is 0 Å². The van der Waals surface area contributed by atoms with E-state index in [-0.39, 0.29) is 36.6 Å². The fourth-order valence-electron chi connectivity index (χ4n) is 4.55. The van der Waals surface area contributed by atoms with Gasteiger partial charge in [0.2, 0.25) is 0 Å². The average Bonchev–Trinajstić information content (AvgIpc) is 2.97. The maximum absolute atomic E-state index is 14.3. The summed E-state index contributed by atoms with van der Waals surface area (Å²) in [5.74, 6) is 1.20. The van der Waals surface area contributed by atoms with Gasteiger partial charge >= 0.3 is 12.1 Å². The Labute approximate surface area is 246 Å². The summed E-state index contributed by atoms with van der Waals surface area (Å²) in [4.78, 5) is 27.8. The zero-order chi connectivity index (χ0) is 30.1. The number of nitrogens with one attached hydrogen (secondary N) is 3. The van der Waals surface area contributed by atoms with Crippen molar-refractivity contribution >= 4 is 29.1 Å². The van der Waals surface area contributed by atoms with Crippen molar-refractivity contribution in [1.29, 1.82) is 0 Å². The minimum atomic E-state index is -0.542. The van der Waals surface area contributed by atoms with E-state index in [1.807, 2.05) is 48.5 Å². The number of ether oxygens (including phenoxy) is 1. The monoisotopic (exact) mass is 568 g/mol. The summed E-state index contributed by atoms with van der Waals surface area (Å²) >= 11 is 0. The van der Waals surface area contributed by atoms with E-state index < -0.39 is 11.8 Å². The Morgan fingerprint density at radius 2 is 1.33 bits per heavy atom. The molecule has 4 aromatic carbocycles. The molecule has 0 spiro atoms. The molecule has 3 N–H and O–H groups in total. The van der Waals surface area contributed by atoms with Crippen LogP contribution in [0.15, 0.2) is 97.1 Å². The standard InChI is InChI=1S/C34H37FN4O3/c1-23(2)28-13-10-14-29(24(3)4)32(28)38-33(40)36-21-22-39(34(41)37-31-16-9-8-15-30(31)35)25-17-19-27(20-18-25)42-26-11-6-5-7-12-26/h5-20,23-24H,21-22H2,1-4H3,(H,37,41)(H2,36,38,40). The smallest absolute Gasteiger partial charge is 0.326 e. The van der Waals surface area contributed by atoms with E-state index in [4.69, 9.17) is 4.74 Å². The largest absolute Gasteiger partial charge is 0.457 e. The van der Waals surface area contributed by atoms with Crippen LogP contribution >= 0.6 is 0 Å². The number of hydrogen-bond donors (Lipinski definition) is 3. The number of carbonyl (C=O) groups is 2. The quantitative estimate of drug-likeness (QED) is 0.179. The first kappa shape index (κ1) is 30.1. The molecule has 7 nitrogen and oxygen atoms in total. The first-order valence-electron chi connectivity index (χ1n) is 14.1. The average molecular weight is 569 g/mol. The van der Waals surface area contributed by atoms with E-state index in [1.54, 1.807) is 36.4 Å². The Morgan fingerprint density at radius 3 is 1.95 bits per heavy atom. The number of nitrogens with zero attached hydrogens (tertiary/aromatic N) is 1. The topological polar surface area (TPSA) is 82.7 Å². The summed E-state index contributed by atoms with van der Waals surface area (Å²) in [5.41, 5.74) is 3.54. The van der Waals surface area contributed by atoms with Gasteiger partial charge in [-0.15, -0.1) is 0 Å². The molecule has 4 rings (SSSR count). The molecule has 0 aliphatic rings. The Morgan fingerprint density at radius 1 is 0.738 bits per heavy atom. The molecular formula is C34H37FN4O3. The third-order valence-corrected chi connectivity index (χ3v) is 6.72. The van der Waals surface area contributed by atoms with E-state index >= 15 is 0 Å². The second kappa shape index (κ2) is 14.2. The van der Waals surface area contributed by atoms with Crippen LogP contribution in [-0.2, 0) is 0 Å². The van der Waals surface area contributed by atoms with Crippen molar-refractivity contribution in [2.45, 2.75) is 39.5 Å². The molecule has 0 heterocycles. The molecule has 0 aromatic heterocycles. The number of para-hydroxylation sites is 3. The lowest BCUT2D eigenvalue weighted by Crippen LogP contribution is -2.42. The van der Waals surface area contributed by atoms with Crippen LogP contribution in [0.5, 0.6) is 11.5 Å². The normalized spacial score (nSPS) is 10.8. The molecule has 0 fully saturated rings. The van der Waals surface area contributed by atoms with Crippen LogP contribution in [0.25, 0.3) is 0 Å². The lowest BCUT2D eigenvalue weighted by atomic mass is 9.93. The number of urea groups is 2. The second-order valence-corrected chi connectivity index (χ2v) is 10.5. The summed E-state index contributed by atoms with van der Waals surface area (Å²) in [6.45, 7) is 8.64. The maximum atomic E-state index is 14.3. The maximum Gasteiger partial charge on any atom is 0.326 e. The lowest BCUT2D eigenvalue weighted by Gasteiger charge is -2.24. The van der Waals surface area contributed by atoms with Gasteiger partial charge in [0, 0.05) is 24.5 Å². The molecule has 8 heteroatoms. The minimum absolute atomic E-state index is 0.0636. The van der Waals surface area contributed by atoms with Crippen LogP contribution in [-0.4, -0.2) is 25.2 Å². The Kier molecular flexibility index (Phi) is 10.2. The lowest BCUT2D eigenvalue weighted by molar-refractivity contribution is 0.250. The summed E-state index contributed by atoms with van der Waals surface area (Å²) in [5, 5.41) is 8.53. The van der Waals surface area contributed by atoms with E-state index in [0.717, 1.165) is 16.8 Å². The van der Waals surface area contributed by atoms with Gasteiger partial charge in [-0.2, -0.15) is 0 Å². The second-order valence-electron chi connectivity index (χ2n) is 10.5. The van der Waals surface area contributed by atoms with Crippen molar-refractivity contribution < 1.29 is 18.7 Å². The number of rotatable bonds is 10. The van der Waals surface area contributed by atoms with Crippen molar-refractivity contribution in [3.05, 3.63) is 114 Å². The molecule has 218 valence electrons. The number of halogens is 1. The van der Waals surface area contributed by atoms with E-state index in [9.17, 15) is 14.0 Å². The molecule has 0 saturated heterocycles. The summed E-state index contributed by atoms with van der Waals surface area (Å²) in [6, 6.07) is 27.5. The highest BCUT2D eigenvalue weighted by atomic mass is 19.1. The van der Waals surface area contributed by atoms with E-state index in [0.29, 0.717) is 17.2 Å². The molecule has 0 radical (unpaired) electrons. The van der Waals surface area contributed by atoms with Gasteiger partial charge < -0.3 is 20.7 Å². The first-order valence-corrected chi connectivity index (χ1v) is 14.1. The van der Waals surface area contributed by atoms with Gasteiger partial charge in [0.15, 0.2) is 0 Å². The van der Waals surface area contributed by atoms with Gasteiger partial charge in [0.05, 0.1) is 5.69 Å². The van der Waals surface area contributed by atoms with Crippen LogP contribution in [0.4, 0.5) is 31.0 Å². The SMILES string of the molecule is CC(C)c1cccc(C(C)C)c1NC(=O)NCCN(C(=O)Nc1ccccc1F)c1ccc(Oc2ccccc2)cc1. The van der Waals surface area contributed by atoms with Crippen LogP contribution < -0.4 is 25.6 Å². The van der Waals surface area contributed by atoms with Gasteiger partial charge in [-0.3, -0.25) is 4.90 Å². The third kappa shape index (κ3) is 7.87. The number of anilines is 3. The summed E-state index contributed by atoms with van der Waals surface area (Å²) < 4.78 is 20.2. The molecule has 0 aliphatic heterocycles. The van der Waals surface area contributed by atoms with Crippen LogP contribution in [0.3, 0.4) is 0 Å². The van der Waals surface area contributed by atoms with E-state index in [1.165, 1.54) is 17.0 Å². The number of amides is 4. The fourth-order valence-corrected chi connectivity index (χ4v) is 4.55. The Balaban J connectivity index is 1.48. The molecule has 4 amide bonds. The molecule has 0 saturated carbocycles. The van der Waals surface area contributed by atoms with Crippen molar-refractivity contribution in [2.75, 3.05) is 28.6 Å². The van der Waals surface area contributed by atoms with E-state index in [2.05, 4.69) is 43.6 Å². The minimum Gasteiger partial charge on any atom is -0.457 e. The molecule has 0 aliphatic carbocycles. The van der Waals surface area contributed by atoms with Gasteiger partial charge in [0.25, 0.3) is 0 Å². The number of carbonyl (C=O) groups excluding carboxylic acids is 2. The van der Waals surface area contributed by atoms with Crippen molar-refractivity contribution in [3.8, 4) is 11.5 Å². The number of benzene rings is 4. The predicted molar refractivity (Wildman–Crippen MR) is 167 cm³/mol. The molecule has 0 atom stereocenters. The summed E-state index contributed by atoms with van der Waals surface area (Å²) in [6.07, 6.45) is 0. The van der Waals surface area contributed by atoms with Gasteiger partial charge in [-0.1, -0.05) is 76.2 Å². The zero-order valence-electron chi connectivity index (χ0n) is 24.4. The van der Waals surface area contributed by atoms with Gasteiger partial charge in [0.1, 0.15) is 17.3 Å². The fraction of sp³-hybridized carbons (Fsp3) is 0.235. The highest BCUT2D eigenvalue weighted by Gasteiger charge is 2.19. The molecule has 0 bridgehead atoms. The molecule has 0 unspecified atom stereocenters. The molecular weight excluding hydrogens is 531 g/mol. The highest BCUT2D eigenvalue weighted by molar-refractivity contribution is 6.02. The van der Waals surface area contributed by atoms with Gasteiger partial charge in [-0.25, -0.2) is 14.0 Å². The van der Waals surface area contributed by atoms with Crippen molar-refractivity contribution in [3.63, 3.8) is 0 Å². The zero-order valence-corrected chi connectivity index (χ0v) is 24.4. The van der Waals surface area contributed by atoms with Crippen LogP contribution in [0, 0.1) is 5.82 Å². The number of hydrogen-bond acceptors (Lipinski definition) is 3. The summed E-state index contributed by atoms with van der Waals surface area (Å²) in [7, 11) is 0. The van der Waals surface area contributed by atoms with Crippen LogP contribution in [0.2, 0.25) is 0 Å². The highest BCUT2D eigenvalue weighted by Crippen LogP contribution is 2.32. The van der Waals surface area contributed by atoms with Gasteiger partial charge in [-0.05, 0) is 71.5 Å².